The number of Topliss-reactive ketones (excluding diaryl/α,β-unsaturated/α-hetero) is 1. The highest BCUT2D eigenvalue weighted by Crippen LogP contribution is 2.37. The first kappa shape index (κ1) is 24.4. The number of esters is 1. The molecule has 1 aromatic rings. The number of aliphatic hydroxyl groups excluding tert-OH is 1. The van der Waals surface area contributed by atoms with Crippen molar-refractivity contribution in [3.05, 3.63) is 53.3 Å². The molecule has 2 bridgehead atoms. The molecule has 0 radical (unpaired) electrons. The lowest BCUT2D eigenvalue weighted by Gasteiger charge is -2.30. The summed E-state index contributed by atoms with van der Waals surface area (Å²) in [7, 11) is 0. The Balaban J connectivity index is 1.95. The maximum Gasteiger partial charge on any atom is 0.312 e. The lowest BCUT2D eigenvalue weighted by molar-refractivity contribution is -0.162. The normalized spacial score (nSPS) is 36.0. The second-order valence-corrected chi connectivity index (χ2v) is 9.18. The number of hydrogen-bond acceptors (Lipinski definition) is 6. The topological polar surface area (TPSA) is 82.1 Å². The van der Waals surface area contributed by atoms with E-state index in [1.807, 2.05) is 57.2 Å². The summed E-state index contributed by atoms with van der Waals surface area (Å²) in [5.74, 6) is -1.78. The van der Waals surface area contributed by atoms with Gasteiger partial charge < -0.3 is 19.3 Å². The summed E-state index contributed by atoms with van der Waals surface area (Å²) in [6.07, 6.45) is -0.332. The molecule has 7 atom stereocenters. The number of rotatable bonds is 4. The van der Waals surface area contributed by atoms with E-state index in [9.17, 15) is 14.7 Å². The SMILES string of the molecule is CC[C@H]1OC(=O)[C@H](C)[C@H]2O[C@@](C)(C[C@@H](C)[C@H](OCc3ccccc3)C=C=C1C)C(=O)[C@@H]2O. The van der Waals surface area contributed by atoms with Crippen molar-refractivity contribution in [2.75, 3.05) is 0 Å². The lowest BCUT2D eigenvalue weighted by Crippen LogP contribution is -2.39. The van der Waals surface area contributed by atoms with Gasteiger partial charge in [-0.2, -0.15) is 0 Å². The summed E-state index contributed by atoms with van der Waals surface area (Å²) < 4.78 is 18.0. The van der Waals surface area contributed by atoms with Crippen LogP contribution in [0, 0.1) is 11.8 Å². The van der Waals surface area contributed by atoms with E-state index in [4.69, 9.17) is 14.2 Å². The average molecular weight is 443 g/mol. The fourth-order valence-electron chi connectivity index (χ4n) is 4.45. The van der Waals surface area contributed by atoms with E-state index < -0.39 is 41.6 Å². The van der Waals surface area contributed by atoms with Crippen LogP contribution >= 0.6 is 0 Å². The van der Waals surface area contributed by atoms with Gasteiger partial charge in [-0.3, -0.25) is 9.59 Å². The third-order valence-electron chi connectivity index (χ3n) is 6.51. The fraction of sp³-hybridized carbons (Fsp3) is 0.577. The van der Waals surface area contributed by atoms with Crippen molar-refractivity contribution in [3.8, 4) is 0 Å². The molecule has 0 amide bonds. The van der Waals surface area contributed by atoms with E-state index >= 15 is 0 Å². The molecule has 1 saturated heterocycles. The minimum absolute atomic E-state index is 0.105. The van der Waals surface area contributed by atoms with E-state index in [2.05, 4.69) is 5.73 Å². The quantitative estimate of drug-likeness (QED) is 0.565. The summed E-state index contributed by atoms with van der Waals surface area (Å²) in [6.45, 7) is 9.52. The first-order valence-corrected chi connectivity index (χ1v) is 11.4. The van der Waals surface area contributed by atoms with Crippen LogP contribution in [0.2, 0.25) is 0 Å². The molecule has 6 heteroatoms. The number of hydrogen-bond donors (Lipinski definition) is 1. The van der Waals surface area contributed by atoms with E-state index in [0.717, 1.165) is 11.1 Å². The van der Waals surface area contributed by atoms with Gasteiger partial charge in [-0.25, -0.2) is 0 Å². The fourth-order valence-corrected chi connectivity index (χ4v) is 4.45. The van der Waals surface area contributed by atoms with Crippen LogP contribution in [0.4, 0.5) is 0 Å². The molecule has 3 rings (SSSR count). The van der Waals surface area contributed by atoms with Crippen molar-refractivity contribution in [1.82, 2.24) is 0 Å². The number of carbonyl (C=O) groups excluding carboxylic acids is 2. The van der Waals surface area contributed by atoms with E-state index in [1.54, 1.807) is 13.8 Å². The Morgan fingerprint density at radius 3 is 2.56 bits per heavy atom. The zero-order valence-electron chi connectivity index (χ0n) is 19.5. The van der Waals surface area contributed by atoms with Crippen molar-refractivity contribution in [2.45, 2.75) is 84.1 Å². The van der Waals surface area contributed by atoms with E-state index in [1.165, 1.54) is 0 Å². The van der Waals surface area contributed by atoms with Crippen LogP contribution < -0.4 is 0 Å². The standard InChI is InChI=1S/C26H34O6/c1-6-20-16(2)12-13-21(30-15-19-10-8-7-9-11-19)17(3)14-26(5)24(28)22(27)23(32-26)18(4)25(29)31-20/h7-11,13,17-18,20-23,27H,6,14-15H2,1-5H3/t12?,17-,18-,20-,21-,22-,23-,26+/m1/s1. The van der Waals surface area contributed by atoms with Crippen LogP contribution in [-0.4, -0.2) is 46.9 Å². The number of fused-ring (bicyclic) bond motifs is 2. The first-order chi connectivity index (χ1) is 15.2. The van der Waals surface area contributed by atoms with Crippen LogP contribution in [0.3, 0.4) is 0 Å². The predicted octanol–water partition coefficient (Wildman–Crippen LogP) is 3.76. The highest BCUT2D eigenvalue weighted by atomic mass is 16.6. The minimum Gasteiger partial charge on any atom is -0.457 e. The number of aliphatic hydroxyl groups is 1. The predicted molar refractivity (Wildman–Crippen MR) is 120 cm³/mol. The smallest absolute Gasteiger partial charge is 0.312 e. The van der Waals surface area contributed by atoms with E-state index in [0.29, 0.717) is 19.4 Å². The molecule has 6 nitrogen and oxygen atoms in total. The lowest BCUT2D eigenvalue weighted by atomic mass is 9.85. The second-order valence-electron chi connectivity index (χ2n) is 9.18. The van der Waals surface area contributed by atoms with Gasteiger partial charge >= 0.3 is 5.97 Å². The van der Waals surface area contributed by atoms with Crippen molar-refractivity contribution in [1.29, 1.82) is 0 Å². The maximum absolute atomic E-state index is 12.9. The summed E-state index contributed by atoms with van der Waals surface area (Å²) in [4.78, 5) is 25.7. The number of carbonyl (C=O) groups is 2. The summed E-state index contributed by atoms with van der Waals surface area (Å²) in [6, 6.07) is 9.86. The zero-order valence-corrected chi connectivity index (χ0v) is 19.5. The molecule has 0 aliphatic carbocycles. The summed E-state index contributed by atoms with van der Waals surface area (Å²) in [5, 5.41) is 10.6. The highest BCUT2D eigenvalue weighted by Gasteiger charge is 2.54. The van der Waals surface area contributed by atoms with Gasteiger partial charge in [-0.15, -0.1) is 5.73 Å². The number of ketones is 1. The Labute approximate surface area is 190 Å². The molecule has 1 fully saturated rings. The third-order valence-corrected chi connectivity index (χ3v) is 6.51. The Morgan fingerprint density at radius 2 is 1.91 bits per heavy atom. The summed E-state index contributed by atoms with van der Waals surface area (Å²) in [5.41, 5.74) is 3.89. The molecule has 32 heavy (non-hydrogen) atoms. The van der Waals surface area contributed by atoms with Gasteiger partial charge in [0.15, 0.2) is 5.78 Å². The Kier molecular flexibility index (Phi) is 7.73. The number of ether oxygens (including phenoxy) is 3. The van der Waals surface area contributed by atoms with Crippen molar-refractivity contribution in [3.63, 3.8) is 0 Å². The highest BCUT2D eigenvalue weighted by molar-refractivity contribution is 5.94. The molecule has 2 aliphatic heterocycles. The van der Waals surface area contributed by atoms with Crippen LogP contribution in [0.25, 0.3) is 0 Å². The maximum atomic E-state index is 12.9. The average Bonchev–Trinajstić information content (AvgIpc) is 3.00. The molecule has 2 heterocycles. The number of benzene rings is 1. The minimum atomic E-state index is -1.37. The largest absolute Gasteiger partial charge is 0.457 e. The van der Waals surface area contributed by atoms with Crippen LogP contribution in [0.1, 0.15) is 53.0 Å². The van der Waals surface area contributed by atoms with Crippen molar-refractivity contribution in [2.24, 2.45) is 11.8 Å². The molecule has 0 saturated carbocycles. The molecule has 0 aromatic heterocycles. The number of cyclic esters (lactones) is 1. The van der Waals surface area contributed by atoms with Gasteiger partial charge in [0.2, 0.25) is 0 Å². The monoisotopic (exact) mass is 442 g/mol. The molecule has 1 aromatic carbocycles. The Morgan fingerprint density at radius 1 is 1.22 bits per heavy atom. The van der Waals surface area contributed by atoms with Gasteiger partial charge in [0.1, 0.15) is 23.9 Å². The van der Waals surface area contributed by atoms with Crippen molar-refractivity contribution < 1.29 is 28.9 Å². The molecule has 2 aliphatic rings. The van der Waals surface area contributed by atoms with Gasteiger partial charge in [0.05, 0.1) is 18.6 Å². The van der Waals surface area contributed by atoms with Crippen LogP contribution in [0.15, 0.2) is 47.7 Å². The van der Waals surface area contributed by atoms with Crippen LogP contribution in [0.5, 0.6) is 0 Å². The molecule has 174 valence electrons. The van der Waals surface area contributed by atoms with Gasteiger partial charge in [-0.05, 0) is 51.2 Å². The second kappa shape index (κ2) is 10.1. The van der Waals surface area contributed by atoms with Gasteiger partial charge in [-0.1, -0.05) is 44.2 Å². The van der Waals surface area contributed by atoms with Gasteiger partial charge in [0.25, 0.3) is 0 Å². The Hall–Kier alpha value is -2.24. The molecule has 1 N–H and O–H groups in total. The first-order valence-electron chi connectivity index (χ1n) is 11.4. The van der Waals surface area contributed by atoms with Crippen molar-refractivity contribution >= 4 is 11.8 Å². The molecular formula is C26H34O6. The van der Waals surface area contributed by atoms with Gasteiger partial charge in [0, 0.05) is 5.57 Å². The summed E-state index contributed by atoms with van der Waals surface area (Å²) >= 11 is 0. The third kappa shape index (κ3) is 5.21. The van der Waals surface area contributed by atoms with E-state index in [-0.39, 0.29) is 12.0 Å². The molecular weight excluding hydrogens is 408 g/mol. The molecule has 0 spiro atoms. The molecule has 0 unspecified atom stereocenters. The zero-order chi connectivity index (χ0) is 23.5. The Bertz CT molecular complexity index is 887. The van der Waals surface area contributed by atoms with Crippen LogP contribution in [-0.2, 0) is 30.4 Å².